The molecule has 1 rings (SSSR count). The Morgan fingerprint density at radius 3 is 2.05 bits per heavy atom. The van der Waals surface area contributed by atoms with Gasteiger partial charge in [-0.1, -0.05) is 0 Å². The molecular formula is C10H20O9. The molecule has 19 heavy (non-hydrogen) atoms. The molecule has 0 spiro atoms. The first-order valence-electron chi connectivity index (χ1n) is 5.82. The van der Waals surface area contributed by atoms with Gasteiger partial charge in [-0.05, 0) is 0 Å². The molecule has 1 aliphatic heterocycles. The summed E-state index contributed by atoms with van der Waals surface area (Å²) in [6.07, 6.45) is -10.0. The second-order valence-corrected chi connectivity index (χ2v) is 4.30. The van der Waals surface area contributed by atoms with Gasteiger partial charge in [0.2, 0.25) is 0 Å². The van der Waals surface area contributed by atoms with Crippen molar-refractivity contribution >= 4 is 0 Å². The number of ether oxygens (including phenoxy) is 2. The van der Waals surface area contributed by atoms with E-state index in [-0.39, 0.29) is 0 Å². The van der Waals surface area contributed by atoms with Gasteiger partial charge in [-0.3, -0.25) is 0 Å². The third kappa shape index (κ3) is 3.81. The largest absolute Gasteiger partial charge is 0.394 e. The summed E-state index contributed by atoms with van der Waals surface area (Å²) in [4.78, 5) is 0. The molecule has 1 heterocycles. The number of hydrogen-bond donors (Lipinski definition) is 7. The maximum absolute atomic E-state index is 9.65. The highest BCUT2D eigenvalue weighted by molar-refractivity contribution is 4.89. The second kappa shape index (κ2) is 7.43. The summed E-state index contributed by atoms with van der Waals surface area (Å²) in [5.41, 5.74) is 0. The number of aliphatic hydroxyl groups excluding tert-OH is 7. The van der Waals surface area contributed by atoms with Crippen LogP contribution in [-0.2, 0) is 9.47 Å². The van der Waals surface area contributed by atoms with Gasteiger partial charge in [-0.15, -0.1) is 0 Å². The van der Waals surface area contributed by atoms with Gasteiger partial charge in [0.25, 0.3) is 0 Å². The molecule has 7 N–H and O–H groups in total. The van der Waals surface area contributed by atoms with Crippen molar-refractivity contribution in [2.45, 2.75) is 42.9 Å². The number of rotatable bonds is 6. The summed E-state index contributed by atoms with van der Waals surface area (Å²) < 4.78 is 10.1. The normalized spacial score (nSPS) is 39.0. The molecule has 0 radical (unpaired) electrons. The van der Waals surface area contributed by atoms with Crippen molar-refractivity contribution in [2.75, 3.05) is 19.8 Å². The lowest BCUT2D eigenvalue weighted by molar-refractivity contribution is -0.319. The van der Waals surface area contributed by atoms with E-state index in [0.717, 1.165) is 0 Å². The average Bonchev–Trinajstić information content (AvgIpc) is 2.43. The van der Waals surface area contributed by atoms with Gasteiger partial charge in [-0.25, -0.2) is 0 Å². The molecular weight excluding hydrogens is 264 g/mol. The van der Waals surface area contributed by atoms with E-state index in [9.17, 15) is 20.4 Å². The van der Waals surface area contributed by atoms with E-state index in [0.29, 0.717) is 0 Å². The van der Waals surface area contributed by atoms with Crippen LogP contribution in [0.15, 0.2) is 0 Å². The molecule has 1 saturated heterocycles. The van der Waals surface area contributed by atoms with Crippen LogP contribution in [0.1, 0.15) is 0 Å². The van der Waals surface area contributed by atoms with E-state index in [1.807, 2.05) is 0 Å². The summed E-state index contributed by atoms with van der Waals surface area (Å²) >= 11 is 0. The molecule has 0 unspecified atom stereocenters. The maximum Gasteiger partial charge on any atom is 0.187 e. The first-order valence-corrected chi connectivity index (χ1v) is 5.82. The summed E-state index contributed by atoms with van der Waals surface area (Å²) in [7, 11) is 0. The van der Waals surface area contributed by atoms with Crippen molar-refractivity contribution in [3.05, 3.63) is 0 Å². The molecule has 1 fully saturated rings. The van der Waals surface area contributed by atoms with Gasteiger partial charge in [0.15, 0.2) is 6.29 Å². The Morgan fingerprint density at radius 2 is 1.58 bits per heavy atom. The first-order chi connectivity index (χ1) is 8.96. The molecule has 0 aromatic rings. The van der Waals surface area contributed by atoms with Crippen molar-refractivity contribution < 1.29 is 45.2 Å². The van der Waals surface area contributed by atoms with Gasteiger partial charge in [-0.2, -0.15) is 0 Å². The van der Waals surface area contributed by atoms with Crippen LogP contribution in [0, 0.1) is 0 Å². The summed E-state index contributed by atoms with van der Waals surface area (Å²) in [5, 5.41) is 64.7. The molecule has 0 aromatic heterocycles. The van der Waals surface area contributed by atoms with Crippen molar-refractivity contribution in [3.63, 3.8) is 0 Å². The van der Waals surface area contributed by atoms with Crippen molar-refractivity contribution in [1.29, 1.82) is 0 Å². The average molecular weight is 284 g/mol. The van der Waals surface area contributed by atoms with Crippen LogP contribution in [0.5, 0.6) is 0 Å². The van der Waals surface area contributed by atoms with Crippen LogP contribution < -0.4 is 0 Å². The van der Waals surface area contributed by atoms with Crippen molar-refractivity contribution in [3.8, 4) is 0 Å². The molecule has 0 bridgehead atoms. The Balaban J connectivity index is 2.70. The topological polar surface area (TPSA) is 160 Å². The monoisotopic (exact) mass is 284 g/mol. The van der Waals surface area contributed by atoms with Crippen LogP contribution in [0.25, 0.3) is 0 Å². The van der Waals surface area contributed by atoms with Gasteiger partial charge in [0.05, 0.1) is 19.8 Å². The SMILES string of the molecule is OC[C@@H](O)[C@@H](CO)O[C@H]1O[C@H](CO)[C@@H](O)[C@H](O)[C@@H]1O. The van der Waals surface area contributed by atoms with Gasteiger partial charge in [0.1, 0.15) is 36.6 Å². The fourth-order valence-electron chi connectivity index (χ4n) is 1.73. The van der Waals surface area contributed by atoms with E-state index < -0.39 is 62.7 Å². The third-order valence-electron chi connectivity index (χ3n) is 2.95. The Labute approximate surface area is 109 Å². The molecule has 9 nitrogen and oxygen atoms in total. The second-order valence-electron chi connectivity index (χ2n) is 4.30. The van der Waals surface area contributed by atoms with E-state index >= 15 is 0 Å². The molecule has 9 heteroatoms. The maximum atomic E-state index is 9.65. The van der Waals surface area contributed by atoms with Gasteiger partial charge < -0.3 is 45.2 Å². The van der Waals surface area contributed by atoms with Crippen molar-refractivity contribution in [1.82, 2.24) is 0 Å². The number of hydrogen-bond acceptors (Lipinski definition) is 9. The van der Waals surface area contributed by atoms with Gasteiger partial charge >= 0.3 is 0 Å². The molecule has 0 aromatic carbocycles. The van der Waals surface area contributed by atoms with E-state index in [4.69, 9.17) is 24.8 Å². The van der Waals surface area contributed by atoms with Crippen LogP contribution in [0.2, 0.25) is 0 Å². The summed E-state index contributed by atoms with van der Waals surface area (Å²) in [6.45, 7) is -1.95. The Kier molecular flexibility index (Phi) is 6.53. The zero-order chi connectivity index (χ0) is 14.6. The predicted octanol–water partition coefficient (Wildman–Crippen LogP) is -4.48. The quantitative estimate of drug-likeness (QED) is 0.255. The summed E-state index contributed by atoms with van der Waals surface area (Å²) in [5.74, 6) is 0. The Bertz CT molecular complexity index is 261. The third-order valence-corrected chi connectivity index (χ3v) is 2.95. The summed E-state index contributed by atoms with van der Waals surface area (Å²) in [6, 6.07) is 0. The molecule has 1 aliphatic rings. The van der Waals surface area contributed by atoms with E-state index in [2.05, 4.69) is 0 Å². The molecule has 114 valence electrons. The zero-order valence-electron chi connectivity index (χ0n) is 10.1. The van der Waals surface area contributed by atoms with Crippen molar-refractivity contribution in [2.24, 2.45) is 0 Å². The Morgan fingerprint density at radius 1 is 0.947 bits per heavy atom. The standard InChI is InChI=1S/C10H20O9/c11-1-4(14)5(2-12)18-10-9(17)8(16)7(15)6(3-13)19-10/h4-17H,1-3H2/t4-,5-,6-,7-,8+,9+,10+/m1/s1. The highest BCUT2D eigenvalue weighted by atomic mass is 16.7. The lowest BCUT2D eigenvalue weighted by Crippen LogP contribution is -2.60. The van der Waals surface area contributed by atoms with Crippen LogP contribution >= 0.6 is 0 Å². The van der Waals surface area contributed by atoms with Crippen LogP contribution in [0.4, 0.5) is 0 Å². The smallest absolute Gasteiger partial charge is 0.187 e. The highest BCUT2D eigenvalue weighted by Crippen LogP contribution is 2.23. The minimum absolute atomic E-state index is 0.614. The molecule has 7 atom stereocenters. The van der Waals surface area contributed by atoms with Gasteiger partial charge in [0, 0.05) is 0 Å². The molecule has 0 saturated carbocycles. The molecule has 0 aliphatic carbocycles. The van der Waals surface area contributed by atoms with E-state index in [1.165, 1.54) is 0 Å². The minimum Gasteiger partial charge on any atom is -0.394 e. The molecule has 0 amide bonds. The lowest BCUT2D eigenvalue weighted by atomic mass is 9.99. The zero-order valence-corrected chi connectivity index (χ0v) is 10.1. The fraction of sp³-hybridized carbons (Fsp3) is 1.00. The van der Waals surface area contributed by atoms with E-state index in [1.54, 1.807) is 0 Å². The van der Waals surface area contributed by atoms with Crippen LogP contribution in [-0.4, -0.2) is 98.5 Å². The van der Waals surface area contributed by atoms with Crippen LogP contribution in [0.3, 0.4) is 0 Å². The lowest BCUT2D eigenvalue weighted by Gasteiger charge is -2.41. The Hall–Kier alpha value is -0.360. The first kappa shape index (κ1) is 16.7. The highest BCUT2D eigenvalue weighted by Gasteiger charge is 2.45. The number of aliphatic hydroxyl groups is 7. The fourth-order valence-corrected chi connectivity index (χ4v) is 1.73. The predicted molar refractivity (Wildman–Crippen MR) is 58.8 cm³/mol. The minimum atomic E-state index is -1.63.